The Bertz CT molecular complexity index is 2090. The number of aromatic hydroxyl groups is 1. The largest absolute Gasteiger partial charge is 0.508 e. The Kier molecular flexibility index (Phi) is 21.9. The highest BCUT2D eigenvalue weighted by molar-refractivity contribution is 7.98. The van der Waals surface area contributed by atoms with Crippen molar-refractivity contribution in [1.29, 1.82) is 0 Å². The van der Waals surface area contributed by atoms with Crippen LogP contribution in [0.4, 0.5) is 0 Å². The van der Waals surface area contributed by atoms with E-state index in [9.17, 15) is 68.4 Å². The number of carboxylic acids is 2. The molecule has 3 heterocycles. The van der Waals surface area contributed by atoms with Crippen LogP contribution in [-0.2, 0) is 54.4 Å². The minimum atomic E-state index is -1.53. The third-order valence-corrected chi connectivity index (χ3v) is 13.5. The molecule has 24 heteroatoms. The molecule has 23 nitrogen and oxygen atoms in total. The molecular weight excluding hydrogens is 947 g/mol. The van der Waals surface area contributed by atoms with Crippen molar-refractivity contribution in [1.82, 2.24) is 41.3 Å². The first-order chi connectivity index (χ1) is 33.5. The zero-order chi connectivity index (χ0) is 52.7. The van der Waals surface area contributed by atoms with Crippen LogP contribution in [0.15, 0.2) is 24.3 Å². The van der Waals surface area contributed by atoms with Crippen molar-refractivity contribution in [2.45, 2.75) is 159 Å². The van der Waals surface area contributed by atoms with Gasteiger partial charge in [0.25, 0.3) is 0 Å². The predicted octanol–water partition coefficient (Wildman–Crippen LogP) is -1.19. The minimum Gasteiger partial charge on any atom is -0.508 e. The van der Waals surface area contributed by atoms with Gasteiger partial charge in [-0.25, -0.2) is 4.79 Å². The number of phenols is 1. The van der Waals surface area contributed by atoms with E-state index in [1.807, 2.05) is 13.8 Å². The Morgan fingerprint density at radius 1 is 0.676 bits per heavy atom. The third kappa shape index (κ3) is 16.3. The van der Waals surface area contributed by atoms with E-state index in [1.54, 1.807) is 6.26 Å². The summed E-state index contributed by atoms with van der Waals surface area (Å²) in [5.41, 5.74) is 6.60. The van der Waals surface area contributed by atoms with Crippen LogP contribution in [0.1, 0.15) is 97.5 Å². The molecule has 0 aliphatic carbocycles. The van der Waals surface area contributed by atoms with Crippen LogP contribution >= 0.6 is 11.8 Å². The first-order valence-electron chi connectivity index (χ1n) is 24.1. The van der Waals surface area contributed by atoms with E-state index in [4.69, 9.17) is 5.73 Å². The molecule has 3 aliphatic heterocycles. The number of hydrogen-bond donors (Lipinski definition) is 10. The number of aliphatic hydroxyl groups is 1. The Morgan fingerprint density at radius 2 is 1.21 bits per heavy atom. The zero-order valence-electron chi connectivity index (χ0n) is 41.0. The summed E-state index contributed by atoms with van der Waals surface area (Å²) in [6, 6.07) is -5.23. The molecule has 71 heavy (non-hydrogen) atoms. The van der Waals surface area contributed by atoms with Gasteiger partial charge in [-0.15, -0.1) is 0 Å². The number of nitrogens with two attached hydrogens (primary N) is 1. The summed E-state index contributed by atoms with van der Waals surface area (Å²) < 4.78 is 0. The second kappa shape index (κ2) is 27.0. The molecule has 4 rings (SSSR count). The van der Waals surface area contributed by atoms with E-state index in [1.165, 1.54) is 64.6 Å². The number of rotatable bonds is 25. The Morgan fingerprint density at radius 3 is 1.77 bits per heavy atom. The van der Waals surface area contributed by atoms with E-state index in [0.717, 1.165) is 0 Å². The number of carbonyl (C=O) groups excluding carboxylic acids is 8. The maximum absolute atomic E-state index is 14.3. The number of amides is 8. The summed E-state index contributed by atoms with van der Waals surface area (Å²) in [6.45, 7) is 7.04. The van der Waals surface area contributed by atoms with Crippen molar-refractivity contribution in [3.63, 3.8) is 0 Å². The standard InChI is InChI=1S/C47H71N9O14S/c1-25(2)23-30(48)45(67)54-19-6-10-35(54)42(64)53-38(27(4)57)43(65)49-26(3)44(66)56-21-8-11-36(56)46(68)55-20-7-9-34(55)41(63)50-31(16-17-37(59)60)39(61)52-33(24-28-12-14-29(58)15-13-28)40(62)51-32(47(69)70)18-22-71-5/h12-15,25-27,30-36,38,57-58H,6-11,16-24,48H2,1-5H3,(H,49,65)(H,50,63)(H,51,62)(H,52,61)(H,53,64)(H,59,60)(H,69,70)/t26-,27+,30-,31-,32-,33-,34-,35-,36-,38-/m0/s1. The van der Waals surface area contributed by atoms with Crippen LogP contribution in [0.3, 0.4) is 0 Å². The third-order valence-electron chi connectivity index (χ3n) is 12.8. The van der Waals surface area contributed by atoms with Gasteiger partial charge in [-0.05, 0) is 107 Å². The maximum atomic E-state index is 14.3. The van der Waals surface area contributed by atoms with Crippen molar-refractivity contribution in [3.8, 4) is 5.75 Å². The van der Waals surface area contributed by atoms with Gasteiger partial charge in [0.15, 0.2) is 0 Å². The fraction of sp³-hybridized carbons (Fsp3) is 0.660. The second-order valence-corrected chi connectivity index (χ2v) is 19.9. The Hall–Kier alpha value is -6.01. The first kappa shape index (κ1) is 57.6. The first-order valence-corrected chi connectivity index (χ1v) is 25.5. The van der Waals surface area contributed by atoms with Crippen LogP contribution in [0.2, 0.25) is 0 Å². The number of thioether (sulfide) groups is 1. The normalized spacial score (nSPS) is 20.7. The molecule has 0 unspecified atom stereocenters. The average Bonchev–Trinajstić information content (AvgIpc) is 4.12. The van der Waals surface area contributed by atoms with Gasteiger partial charge in [0.05, 0.1) is 12.1 Å². The number of hydrogen-bond acceptors (Lipinski definition) is 14. The van der Waals surface area contributed by atoms with Gasteiger partial charge in [-0.3, -0.25) is 43.2 Å². The molecule has 1 aromatic rings. The predicted molar refractivity (Wildman–Crippen MR) is 258 cm³/mol. The van der Waals surface area contributed by atoms with Crippen LogP contribution in [0, 0.1) is 5.92 Å². The lowest BCUT2D eigenvalue weighted by atomic mass is 10.0. The molecule has 0 bridgehead atoms. The zero-order valence-corrected chi connectivity index (χ0v) is 41.8. The number of likely N-dealkylation sites (tertiary alicyclic amines) is 3. The maximum Gasteiger partial charge on any atom is 0.326 e. The molecule has 0 aromatic heterocycles. The summed E-state index contributed by atoms with van der Waals surface area (Å²) in [5, 5.41) is 52.3. The molecule has 1 aromatic carbocycles. The fourth-order valence-electron chi connectivity index (χ4n) is 9.09. The van der Waals surface area contributed by atoms with E-state index in [-0.39, 0.29) is 50.4 Å². The smallest absolute Gasteiger partial charge is 0.326 e. The minimum absolute atomic E-state index is 0.0689. The molecular formula is C47H71N9O14S. The Labute approximate surface area is 417 Å². The molecule has 3 fully saturated rings. The van der Waals surface area contributed by atoms with Crippen LogP contribution in [-0.4, -0.2) is 186 Å². The number of nitrogens with one attached hydrogen (secondary N) is 5. The summed E-state index contributed by atoms with van der Waals surface area (Å²) in [6.07, 6.45) is 1.64. The van der Waals surface area contributed by atoms with E-state index < -0.39 is 133 Å². The molecule has 0 saturated carbocycles. The molecule has 10 atom stereocenters. The summed E-state index contributed by atoms with van der Waals surface area (Å²) in [7, 11) is 0. The molecule has 11 N–H and O–H groups in total. The summed E-state index contributed by atoms with van der Waals surface area (Å²) in [5.74, 6) is -7.89. The van der Waals surface area contributed by atoms with E-state index in [2.05, 4.69) is 26.6 Å². The number of carbonyl (C=O) groups is 10. The number of nitrogens with zero attached hydrogens (tertiary/aromatic N) is 3. The summed E-state index contributed by atoms with van der Waals surface area (Å²) >= 11 is 1.37. The average molecular weight is 1020 g/mol. The van der Waals surface area contributed by atoms with Crippen molar-refractivity contribution < 1.29 is 68.4 Å². The van der Waals surface area contributed by atoms with Crippen LogP contribution in [0.5, 0.6) is 5.75 Å². The number of benzene rings is 1. The van der Waals surface area contributed by atoms with Crippen molar-refractivity contribution in [3.05, 3.63) is 29.8 Å². The highest BCUT2D eigenvalue weighted by Crippen LogP contribution is 2.26. The Balaban J connectivity index is 1.44. The van der Waals surface area contributed by atoms with E-state index in [0.29, 0.717) is 50.0 Å². The van der Waals surface area contributed by atoms with Gasteiger partial charge in [0, 0.05) is 32.5 Å². The van der Waals surface area contributed by atoms with E-state index >= 15 is 0 Å². The second-order valence-electron chi connectivity index (χ2n) is 18.9. The highest BCUT2D eigenvalue weighted by Gasteiger charge is 2.45. The van der Waals surface area contributed by atoms with Gasteiger partial charge in [0.1, 0.15) is 54.1 Å². The monoisotopic (exact) mass is 1020 g/mol. The molecule has 0 spiro atoms. The lowest BCUT2D eigenvalue weighted by Crippen LogP contribution is -2.61. The quantitative estimate of drug-likeness (QED) is 0.0551. The van der Waals surface area contributed by atoms with Gasteiger partial charge in [0.2, 0.25) is 47.3 Å². The number of aliphatic hydroxyl groups excluding tert-OH is 1. The number of carboxylic acid groups (broad SMARTS) is 2. The van der Waals surface area contributed by atoms with Crippen molar-refractivity contribution >= 4 is 71.0 Å². The van der Waals surface area contributed by atoms with Gasteiger partial charge >= 0.3 is 11.9 Å². The van der Waals surface area contributed by atoms with Crippen LogP contribution < -0.4 is 32.3 Å². The highest BCUT2D eigenvalue weighted by atomic mass is 32.2. The molecule has 3 aliphatic rings. The molecule has 8 amide bonds. The molecule has 0 radical (unpaired) electrons. The van der Waals surface area contributed by atoms with Gasteiger partial charge in [-0.1, -0.05) is 26.0 Å². The fourth-order valence-corrected chi connectivity index (χ4v) is 9.57. The van der Waals surface area contributed by atoms with Crippen LogP contribution in [0.25, 0.3) is 0 Å². The van der Waals surface area contributed by atoms with Crippen molar-refractivity contribution in [2.24, 2.45) is 11.7 Å². The lowest BCUT2D eigenvalue weighted by molar-refractivity contribution is -0.148. The SMILES string of the molecule is CSCC[C@H](NC(=O)[C@H](Cc1ccc(O)cc1)NC(=O)[C@H](CCC(=O)O)NC(=O)[C@@H]1CCCN1C(=O)[C@@H]1CCCN1C(=O)[C@H](C)NC(=O)[C@@H](NC(=O)[C@@H]1CCCN1C(=O)[C@@H](N)CC(C)C)[C@@H](C)O)C(=O)O. The van der Waals surface area contributed by atoms with Gasteiger partial charge < -0.3 is 67.4 Å². The topological polar surface area (TPSA) is 348 Å². The number of phenolic OH excluding ortho intramolecular Hbond substituents is 1. The summed E-state index contributed by atoms with van der Waals surface area (Å²) in [4.78, 5) is 138. The van der Waals surface area contributed by atoms with Gasteiger partial charge in [-0.2, -0.15) is 11.8 Å². The molecule has 394 valence electrons. The van der Waals surface area contributed by atoms with Crippen molar-refractivity contribution in [2.75, 3.05) is 31.6 Å². The molecule has 3 saturated heterocycles. The lowest BCUT2D eigenvalue weighted by Gasteiger charge is -2.33. The number of aliphatic carboxylic acids is 2.